The zero-order valence-corrected chi connectivity index (χ0v) is 20.0. The van der Waals surface area contributed by atoms with Crippen LogP contribution in [0.15, 0.2) is 132 Å². The number of hydrogen-bond acceptors (Lipinski definition) is 2. The predicted molar refractivity (Wildman–Crippen MR) is 155 cm³/mol. The Labute approximate surface area is 213 Å². The quantitative estimate of drug-likeness (QED) is 0.235. The largest absolute Gasteiger partial charge is 0.438 e. The van der Waals surface area contributed by atoms with Gasteiger partial charge >= 0.3 is 0 Å². The van der Waals surface area contributed by atoms with Gasteiger partial charge in [0.05, 0.1) is 0 Å². The van der Waals surface area contributed by atoms with Crippen LogP contribution in [-0.2, 0) is 0 Å². The fourth-order valence-corrected chi connectivity index (χ4v) is 5.76. The third kappa shape index (κ3) is 3.09. The van der Waals surface area contributed by atoms with Gasteiger partial charge in [0.15, 0.2) is 0 Å². The van der Waals surface area contributed by atoms with Crippen molar-refractivity contribution >= 4 is 54.4 Å². The molecule has 6 aromatic carbocycles. The molecule has 0 aliphatic rings. The second kappa shape index (κ2) is 7.78. The van der Waals surface area contributed by atoms with Crippen LogP contribution in [-0.4, -0.2) is 4.98 Å². The van der Waals surface area contributed by atoms with Crippen LogP contribution in [0.2, 0.25) is 0 Å². The zero-order valence-electron chi connectivity index (χ0n) is 20.0. The highest BCUT2D eigenvalue weighted by Crippen LogP contribution is 2.38. The topological polar surface area (TPSA) is 26.0 Å². The monoisotopic (exact) mass is 471 g/mol. The van der Waals surface area contributed by atoms with E-state index in [4.69, 9.17) is 4.42 Å². The number of fused-ring (bicyclic) bond motifs is 9. The van der Waals surface area contributed by atoms with E-state index in [0.717, 1.165) is 21.9 Å². The Kier molecular flexibility index (Phi) is 4.26. The van der Waals surface area contributed by atoms with Gasteiger partial charge in [-0.3, -0.25) is 0 Å². The minimum Gasteiger partial charge on any atom is -0.438 e. The second-order valence-electron chi connectivity index (χ2n) is 9.60. The summed E-state index contributed by atoms with van der Waals surface area (Å²) in [6.07, 6.45) is 1.77. The fourth-order valence-electron chi connectivity index (χ4n) is 5.76. The van der Waals surface area contributed by atoms with E-state index in [1.54, 1.807) is 6.20 Å². The maximum absolute atomic E-state index is 5.93. The number of pyridine rings is 1. The Morgan fingerprint density at radius 1 is 0.378 bits per heavy atom. The Morgan fingerprint density at radius 3 is 1.62 bits per heavy atom. The molecular formula is C35H21NO. The van der Waals surface area contributed by atoms with E-state index in [1.165, 1.54) is 49.0 Å². The minimum absolute atomic E-state index is 0.680. The van der Waals surface area contributed by atoms with Crippen molar-refractivity contribution in [1.29, 1.82) is 0 Å². The number of nitrogens with zero attached hydrogens (tertiary/aromatic N) is 1. The summed E-state index contributed by atoms with van der Waals surface area (Å²) in [5.74, 6) is 0. The Bertz CT molecular complexity index is 2120. The van der Waals surface area contributed by atoms with Gasteiger partial charge in [-0.15, -0.1) is 0 Å². The van der Waals surface area contributed by atoms with Gasteiger partial charge in [-0.25, -0.2) is 4.98 Å². The van der Waals surface area contributed by atoms with Crippen LogP contribution < -0.4 is 0 Å². The summed E-state index contributed by atoms with van der Waals surface area (Å²) in [5.41, 5.74) is 6.31. The average Bonchev–Trinajstić information content (AvgIpc) is 3.35. The molecule has 0 radical (unpaired) electrons. The van der Waals surface area contributed by atoms with Gasteiger partial charge in [0.1, 0.15) is 5.58 Å². The maximum atomic E-state index is 5.93. The molecule has 8 rings (SSSR count). The van der Waals surface area contributed by atoms with Gasteiger partial charge in [0, 0.05) is 17.0 Å². The van der Waals surface area contributed by atoms with Gasteiger partial charge in [0.25, 0.3) is 0 Å². The van der Waals surface area contributed by atoms with Crippen molar-refractivity contribution in [2.24, 2.45) is 0 Å². The molecule has 2 heterocycles. The highest BCUT2D eigenvalue weighted by Gasteiger charge is 2.12. The molecule has 37 heavy (non-hydrogen) atoms. The van der Waals surface area contributed by atoms with Crippen molar-refractivity contribution in [3.63, 3.8) is 0 Å². The summed E-state index contributed by atoms with van der Waals surface area (Å²) in [7, 11) is 0. The minimum atomic E-state index is 0.680. The first-order valence-electron chi connectivity index (χ1n) is 12.5. The molecule has 0 spiro atoms. The van der Waals surface area contributed by atoms with Crippen molar-refractivity contribution in [2.45, 2.75) is 0 Å². The molecule has 2 heteroatoms. The van der Waals surface area contributed by atoms with E-state index in [2.05, 4.69) is 114 Å². The average molecular weight is 472 g/mol. The molecule has 8 aromatic rings. The van der Waals surface area contributed by atoms with Crippen molar-refractivity contribution in [3.8, 4) is 22.3 Å². The van der Waals surface area contributed by atoms with Crippen molar-refractivity contribution in [3.05, 3.63) is 128 Å². The van der Waals surface area contributed by atoms with E-state index in [1.807, 2.05) is 12.1 Å². The van der Waals surface area contributed by atoms with Gasteiger partial charge in [0.2, 0.25) is 5.71 Å². The van der Waals surface area contributed by atoms with Crippen LogP contribution in [0.5, 0.6) is 0 Å². The van der Waals surface area contributed by atoms with Crippen molar-refractivity contribution in [2.75, 3.05) is 0 Å². The Morgan fingerprint density at radius 2 is 0.919 bits per heavy atom. The third-order valence-electron chi connectivity index (χ3n) is 7.52. The van der Waals surface area contributed by atoms with Crippen molar-refractivity contribution < 1.29 is 4.42 Å². The van der Waals surface area contributed by atoms with E-state index in [-0.39, 0.29) is 0 Å². The number of benzene rings is 6. The van der Waals surface area contributed by atoms with Gasteiger partial charge < -0.3 is 4.42 Å². The molecule has 0 unspecified atom stereocenters. The van der Waals surface area contributed by atoms with Gasteiger partial charge in [-0.2, -0.15) is 0 Å². The van der Waals surface area contributed by atoms with Crippen LogP contribution in [0.3, 0.4) is 0 Å². The molecule has 0 bridgehead atoms. The number of furan rings is 1. The number of aromatic nitrogens is 1. The summed E-state index contributed by atoms with van der Waals surface area (Å²) in [4.78, 5) is 4.37. The van der Waals surface area contributed by atoms with E-state index < -0.39 is 0 Å². The van der Waals surface area contributed by atoms with E-state index in [0.29, 0.717) is 5.71 Å². The lowest BCUT2D eigenvalue weighted by Crippen LogP contribution is -1.85. The predicted octanol–water partition coefficient (Wildman–Crippen LogP) is 9.77. The molecule has 0 saturated carbocycles. The Balaban J connectivity index is 1.31. The summed E-state index contributed by atoms with van der Waals surface area (Å²) < 4.78 is 5.93. The molecule has 2 nitrogen and oxygen atoms in total. The first kappa shape index (κ1) is 20.3. The lowest BCUT2D eigenvalue weighted by atomic mass is 9.91. The summed E-state index contributed by atoms with van der Waals surface area (Å²) >= 11 is 0. The molecule has 0 amide bonds. The molecule has 0 aliphatic carbocycles. The lowest BCUT2D eigenvalue weighted by Gasteiger charge is -2.12. The Hall–Kier alpha value is -4.95. The molecular weight excluding hydrogens is 450 g/mol. The first-order valence-corrected chi connectivity index (χ1v) is 12.5. The first-order chi connectivity index (χ1) is 18.3. The summed E-state index contributed by atoms with van der Waals surface area (Å²) in [5, 5.41) is 9.91. The van der Waals surface area contributed by atoms with Crippen LogP contribution in [0.1, 0.15) is 0 Å². The lowest BCUT2D eigenvalue weighted by molar-refractivity contribution is 0.654. The van der Waals surface area contributed by atoms with Gasteiger partial charge in [-0.1, -0.05) is 84.9 Å². The van der Waals surface area contributed by atoms with Crippen LogP contribution in [0.25, 0.3) is 76.6 Å². The molecule has 0 atom stereocenters. The van der Waals surface area contributed by atoms with Crippen LogP contribution >= 0.6 is 0 Å². The maximum Gasteiger partial charge on any atom is 0.227 e. The molecule has 0 saturated heterocycles. The molecule has 2 aromatic heterocycles. The molecule has 0 N–H and O–H groups in total. The highest BCUT2D eigenvalue weighted by atomic mass is 16.3. The summed E-state index contributed by atoms with van der Waals surface area (Å²) in [6, 6.07) is 43.5. The highest BCUT2D eigenvalue weighted by molar-refractivity contribution is 6.25. The molecule has 0 aliphatic heterocycles. The zero-order chi connectivity index (χ0) is 24.3. The number of hydrogen-bond donors (Lipinski definition) is 0. The SMILES string of the molecule is c1cc(-c2ccc3oc4ncccc4c3c2)cc(-c2ccc3c4ccccc4c4ccccc4c3c2)c1. The van der Waals surface area contributed by atoms with Crippen LogP contribution in [0, 0.1) is 0 Å². The fraction of sp³-hybridized carbons (Fsp3) is 0. The van der Waals surface area contributed by atoms with Gasteiger partial charge in [-0.05, 0) is 91.0 Å². The molecule has 0 fully saturated rings. The summed E-state index contributed by atoms with van der Waals surface area (Å²) in [6.45, 7) is 0. The third-order valence-corrected chi connectivity index (χ3v) is 7.52. The number of rotatable bonds is 2. The van der Waals surface area contributed by atoms with E-state index in [9.17, 15) is 0 Å². The van der Waals surface area contributed by atoms with E-state index >= 15 is 0 Å². The second-order valence-corrected chi connectivity index (χ2v) is 9.60. The normalized spacial score (nSPS) is 11.8. The smallest absolute Gasteiger partial charge is 0.227 e. The standard InChI is InChI=1S/C35H21NO/c1-2-11-28-26(9-1)27-10-3-4-12-29(27)32-20-24(14-16-30(28)32)22-7-5-8-23(19-22)25-15-17-34-33(21-25)31-13-6-18-36-35(31)37-34/h1-21H. The van der Waals surface area contributed by atoms with Crippen molar-refractivity contribution in [1.82, 2.24) is 4.98 Å². The van der Waals surface area contributed by atoms with Crippen LogP contribution in [0.4, 0.5) is 0 Å². The molecule has 172 valence electrons.